The first kappa shape index (κ1) is 20.6. The highest BCUT2D eigenvalue weighted by Crippen LogP contribution is 2.20. The van der Waals surface area contributed by atoms with E-state index in [1.54, 1.807) is 60.4 Å². The Balaban J connectivity index is 1.51. The molecule has 0 aliphatic carbocycles. The van der Waals surface area contributed by atoms with E-state index < -0.39 is 12.1 Å². The van der Waals surface area contributed by atoms with Gasteiger partial charge in [0.05, 0.1) is 6.61 Å². The van der Waals surface area contributed by atoms with Gasteiger partial charge >= 0.3 is 6.03 Å². The maximum absolute atomic E-state index is 12.3. The molecule has 3 N–H and O–H groups in total. The fraction of sp³-hybridized carbons (Fsp3) is 0.250. The Morgan fingerprint density at radius 3 is 2.31 bits per heavy atom. The summed E-state index contributed by atoms with van der Waals surface area (Å²) in [7, 11) is 0. The van der Waals surface area contributed by atoms with Crippen LogP contribution in [0.25, 0.3) is 0 Å². The lowest BCUT2D eigenvalue weighted by Crippen LogP contribution is -2.43. The monoisotopic (exact) mass is 416 g/mol. The molecule has 0 spiro atoms. The summed E-state index contributed by atoms with van der Waals surface area (Å²) < 4.78 is 5.12. The van der Waals surface area contributed by atoms with Gasteiger partial charge in [-0.2, -0.15) is 0 Å². The molecule has 1 fully saturated rings. The van der Waals surface area contributed by atoms with E-state index in [4.69, 9.17) is 16.3 Å². The summed E-state index contributed by atoms with van der Waals surface area (Å²) in [6.45, 7) is 2.64. The Morgan fingerprint density at radius 1 is 1.03 bits per heavy atom. The highest BCUT2D eigenvalue weighted by Gasteiger charge is 2.20. The first-order valence-electron chi connectivity index (χ1n) is 9.04. The molecule has 0 saturated carbocycles. The second-order valence-electron chi connectivity index (χ2n) is 6.46. The van der Waals surface area contributed by atoms with Gasteiger partial charge in [0.25, 0.3) is 5.91 Å². The lowest BCUT2D eigenvalue weighted by molar-refractivity contribution is -0.125. The molecule has 2 aromatic carbocycles. The molecular weight excluding hydrogens is 396 g/mol. The van der Waals surface area contributed by atoms with Crippen molar-refractivity contribution < 1.29 is 19.1 Å². The number of carbonyl (C=O) groups is 3. The molecule has 4 amide bonds. The van der Waals surface area contributed by atoms with Crippen LogP contribution < -0.4 is 20.9 Å². The van der Waals surface area contributed by atoms with Crippen molar-refractivity contribution in [1.82, 2.24) is 5.32 Å². The van der Waals surface area contributed by atoms with Crippen LogP contribution in [-0.4, -0.2) is 43.6 Å². The third kappa shape index (κ3) is 5.69. The van der Waals surface area contributed by atoms with Crippen LogP contribution in [0.15, 0.2) is 48.5 Å². The standard InChI is InChI=1S/C20H21ClN4O4/c1-13(22-20(28)24-16-4-2-14(21)3-5-16)19(27)23-15-6-8-17(9-7-15)25-10-11-29-12-18(25)26/h2-9,13H,10-12H2,1H3,(H,23,27)(H2,22,24,28)/t13-/m1/s1. The third-order valence-corrected chi connectivity index (χ3v) is 4.53. The number of benzene rings is 2. The van der Waals surface area contributed by atoms with Gasteiger partial charge in [-0.1, -0.05) is 11.6 Å². The molecule has 1 saturated heterocycles. The zero-order chi connectivity index (χ0) is 20.8. The molecule has 1 atom stereocenters. The van der Waals surface area contributed by atoms with Crippen LogP contribution >= 0.6 is 11.6 Å². The summed E-state index contributed by atoms with van der Waals surface area (Å²) in [5, 5.41) is 8.50. The molecule has 8 nitrogen and oxygen atoms in total. The molecule has 152 valence electrons. The lowest BCUT2D eigenvalue weighted by atomic mass is 10.2. The molecule has 29 heavy (non-hydrogen) atoms. The Kier molecular flexibility index (Phi) is 6.69. The summed E-state index contributed by atoms with van der Waals surface area (Å²) in [6.07, 6.45) is 0. The summed E-state index contributed by atoms with van der Waals surface area (Å²) in [4.78, 5) is 37.9. The van der Waals surface area contributed by atoms with Gasteiger partial charge in [0, 0.05) is 28.6 Å². The Morgan fingerprint density at radius 2 is 1.66 bits per heavy atom. The van der Waals surface area contributed by atoms with Crippen molar-refractivity contribution in [3.8, 4) is 0 Å². The first-order valence-corrected chi connectivity index (χ1v) is 9.42. The molecule has 1 aliphatic heterocycles. The number of ether oxygens (including phenoxy) is 1. The van der Waals surface area contributed by atoms with E-state index in [1.807, 2.05) is 0 Å². The Labute approximate surface area is 173 Å². The fourth-order valence-corrected chi connectivity index (χ4v) is 2.85. The zero-order valence-electron chi connectivity index (χ0n) is 15.8. The minimum absolute atomic E-state index is 0.0692. The smallest absolute Gasteiger partial charge is 0.319 e. The maximum atomic E-state index is 12.3. The number of rotatable bonds is 5. The Bertz CT molecular complexity index is 886. The quantitative estimate of drug-likeness (QED) is 0.697. The number of urea groups is 1. The van der Waals surface area contributed by atoms with Gasteiger partial charge in [-0.15, -0.1) is 0 Å². The minimum Gasteiger partial charge on any atom is -0.370 e. The fourth-order valence-electron chi connectivity index (χ4n) is 2.73. The van der Waals surface area contributed by atoms with Crippen molar-refractivity contribution in [3.63, 3.8) is 0 Å². The normalized spacial score (nSPS) is 14.8. The average Bonchev–Trinajstić information content (AvgIpc) is 2.71. The highest BCUT2D eigenvalue weighted by molar-refractivity contribution is 6.30. The van der Waals surface area contributed by atoms with Crippen LogP contribution in [0.5, 0.6) is 0 Å². The van der Waals surface area contributed by atoms with Crippen molar-refractivity contribution in [2.45, 2.75) is 13.0 Å². The molecule has 1 aliphatic rings. The summed E-state index contributed by atoms with van der Waals surface area (Å²) in [5.74, 6) is -0.469. The number of hydrogen-bond donors (Lipinski definition) is 3. The van der Waals surface area contributed by atoms with Crippen LogP contribution in [0.4, 0.5) is 21.9 Å². The van der Waals surface area contributed by atoms with Gasteiger partial charge in [-0.25, -0.2) is 4.79 Å². The van der Waals surface area contributed by atoms with Crippen LogP contribution in [0.2, 0.25) is 5.02 Å². The van der Waals surface area contributed by atoms with Crippen molar-refractivity contribution in [1.29, 1.82) is 0 Å². The van der Waals surface area contributed by atoms with Crippen molar-refractivity contribution in [2.24, 2.45) is 0 Å². The minimum atomic E-state index is -0.761. The number of amides is 4. The topological polar surface area (TPSA) is 99.8 Å². The van der Waals surface area contributed by atoms with E-state index in [-0.39, 0.29) is 18.4 Å². The predicted molar refractivity (Wildman–Crippen MR) is 111 cm³/mol. The molecule has 9 heteroatoms. The van der Waals surface area contributed by atoms with Crippen molar-refractivity contribution in [2.75, 3.05) is 35.3 Å². The van der Waals surface area contributed by atoms with Gasteiger partial charge in [0.1, 0.15) is 12.6 Å². The van der Waals surface area contributed by atoms with Crippen LogP contribution in [-0.2, 0) is 14.3 Å². The van der Waals surface area contributed by atoms with Crippen molar-refractivity contribution in [3.05, 3.63) is 53.6 Å². The van der Waals surface area contributed by atoms with E-state index in [2.05, 4.69) is 16.0 Å². The molecule has 0 radical (unpaired) electrons. The molecule has 0 aromatic heterocycles. The lowest BCUT2D eigenvalue weighted by Gasteiger charge is -2.27. The number of carbonyl (C=O) groups excluding carboxylic acids is 3. The number of halogens is 1. The molecular formula is C20H21ClN4O4. The number of nitrogens with zero attached hydrogens (tertiary/aromatic N) is 1. The largest absolute Gasteiger partial charge is 0.370 e. The SMILES string of the molecule is C[C@@H](NC(=O)Nc1ccc(Cl)cc1)C(=O)Nc1ccc(N2CCOCC2=O)cc1. The van der Waals surface area contributed by atoms with Crippen molar-refractivity contribution >= 4 is 46.5 Å². The molecule has 1 heterocycles. The first-order chi connectivity index (χ1) is 13.9. The Hall–Kier alpha value is -3.10. The molecule has 3 rings (SSSR count). The second-order valence-corrected chi connectivity index (χ2v) is 6.90. The van der Waals surface area contributed by atoms with Crippen LogP contribution in [0.3, 0.4) is 0 Å². The van der Waals surface area contributed by atoms with Crippen LogP contribution in [0, 0.1) is 0 Å². The number of morpholine rings is 1. The summed E-state index contributed by atoms with van der Waals surface area (Å²) in [5.41, 5.74) is 1.86. The van der Waals surface area contributed by atoms with Crippen LogP contribution in [0.1, 0.15) is 6.92 Å². The average molecular weight is 417 g/mol. The number of anilines is 3. The van der Waals surface area contributed by atoms with Gasteiger partial charge in [0.15, 0.2) is 0 Å². The molecule has 0 bridgehead atoms. The van der Waals surface area contributed by atoms with E-state index in [9.17, 15) is 14.4 Å². The van der Waals surface area contributed by atoms with Gasteiger partial charge in [-0.05, 0) is 55.5 Å². The molecule has 2 aromatic rings. The number of nitrogens with one attached hydrogen (secondary N) is 3. The van der Waals surface area contributed by atoms with Gasteiger partial charge in [-0.3, -0.25) is 9.59 Å². The summed E-state index contributed by atoms with van der Waals surface area (Å²) >= 11 is 5.81. The molecule has 0 unspecified atom stereocenters. The second kappa shape index (κ2) is 9.40. The van der Waals surface area contributed by atoms with Gasteiger partial charge < -0.3 is 25.6 Å². The maximum Gasteiger partial charge on any atom is 0.319 e. The van der Waals surface area contributed by atoms with E-state index in [1.165, 1.54) is 0 Å². The third-order valence-electron chi connectivity index (χ3n) is 4.28. The predicted octanol–water partition coefficient (Wildman–Crippen LogP) is 2.85. The number of hydrogen-bond acceptors (Lipinski definition) is 4. The van der Waals surface area contributed by atoms with Gasteiger partial charge in [0.2, 0.25) is 5.91 Å². The highest BCUT2D eigenvalue weighted by atomic mass is 35.5. The zero-order valence-corrected chi connectivity index (χ0v) is 16.5. The van der Waals surface area contributed by atoms with E-state index >= 15 is 0 Å². The summed E-state index contributed by atoms with van der Waals surface area (Å²) in [6, 6.07) is 12.3. The van der Waals surface area contributed by atoms with E-state index in [0.29, 0.717) is 29.5 Å². The van der Waals surface area contributed by atoms with E-state index in [0.717, 1.165) is 5.69 Å².